The lowest BCUT2D eigenvalue weighted by Crippen LogP contribution is -2.23. The predicted molar refractivity (Wildman–Crippen MR) is 114 cm³/mol. The van der Waals surface area contributed by atoms with Crippen molar-refractivity contribution in [3.8, 4) is 0 Å². The number of anilines is 1. The molecule has 0 spiro atoms. The van der Waals surface area contributed by atoms with Gasteiger partial charge in [-0.15, -0.1) is 0 Å². The number of nitrogens with one attached hydrogen (secondary N) is 1. The first-order valence-electron chi connectivity index (χ1n) is 8.71. The first kappa shape index (κ1) is 19.1. The highest BCUT2D eigenvalue weighted by molar-refractivity contribution is 6.42. The van der Waals surface area contributed by atoms with Gasteiger partial charge in [0.2, 0.25) is 5.91 Å². The van der Waals surface area contributed by atoms with E-state index in [9.17, 15) is 14.4 Å². The molecule has 4 rings (SSSR count). The van der Waals surface area contributed by atoms with Crippen LogP contribution in [0.3, 0.4) is 0 Å². The Balaban J connectivity index is 1.63. The number of fused-ring (bicyclic) bond motifs is 2. The molecule has 0 aromatic heterocycles. The molecule has 0 bridgehead atoms. The first-order valence-corrected chi connectivity index (χ1v) is 9.47. The number of carbonyl (C=O) groups excluding carboxylic acids is 3. The Labute approximate surface area is 176 Å². The van der Waals surface area contributed by atoms with Gasteiger partial charge in [0.25, 0.3) is 0 Å². The third-order valence-electron chi connectivity index (χ3n) is 4.58. The molecule has 0 fully saturated rings. The summed E-state index contributed by atoms with van der Waals surface area (Å²) in [6, 6.07) is 16.5. The molecule has 1 amide bonds. The van der Waals surface area contributed by atoms with E-state index in [4.69, 9.17) is 23.2 Å². The minimum atomic E-state index is -0.441. The SMILES string of the molecule is O=C(C=Cc1ccc(Cl)c(Cl)c1)Nc1cccc2c1C(=O)c1ccccc1C2=O. The van der Waals surface area contributed by atoms with Crippen molar-refractivity contribution >= 4 is 52.4 Å². The predicted octanol–water partition coefficient (Wildman–Crippen LogP) is 5.42. The van der Waals surface area contributed by atoms with Crippen molar-refractivity contribution in [1.29, 1.82) is 0 Å². The quantitative estimate of drug-likeness (QED) is 0.449. The fourth-order valence-electron chi connectivity index (χ4n) is 3.21. The van der Waals surface area contributed by atoms with Crippen molar-refractivity contribution in [3.63, 3.8) is 0 Å². The standard InChI is InChI=1S/C23H13Cl2NO3/c24-17-10-8-13(12-18(17)25)9-11-20(27)26-19-7-3-6-16-21(19)23(29)15-5-2-1-4-14(15)22(16)28/h1-12H,(H,26,27). The minimum absolute atomic E-state index is 0.201. The van der Waals surface area contributed by atoms with Crippen LogP contribution in [0.15, 0.2) is 66.7 Å². The smallest absolute Gasteiger partial charge is 0.248 e. The first-order chi connectivity index (χ1) is 14.0. The van der Waals surface area contributed by atoms with E-state index in [2.05, 4.69) is 5.32 Å². The van der Waals surface area contributed by atoms with Gasteiger partial charge in [-0.1, -0.05) is 65.7 Å². The fraction of sp³-hybridized carbons (Fsp3) is 0. The maximum atomic E-state index is 13.0. The lowest BCUT2D eigenvalue weighted by molar-refractivity contribution is -0.111. The molecule has 6 heteroatoms. The lowest BCUT2D eigenvalue weighted by Gasteiger charge is -2.20. The highest BCUT2D eigenvalue weighted by Gasteiger charge is 2.31. The average molecular weight is 422 g/mol. The Morgan fingerprint density at radius 1 is 0.793 bits per heavy atom. The fourth-order valence-corrected chi connectivity index (χ4v) is 3.52. The van der Waals surface area contributed by atoms with Crippen molar-refractivity contribution in [1.82, 2.24) is 0 Å². The summed E-state index contributed by atoms with van der Waals surface area (Å²) >= 11 is 11.9. The van der Waals surface area contributed by atoms with Gasteiger partial charge < -0.3 is 5.32 Å². The molecule has 4 nitrogen and oxygen atoms in total. The van der Waals surface area contributed by atoms with E-state index >= 15 is 0 Å². The monoisotopic (exact) mass is 421 g/mol. The van der Waals surface area contributed by atoms with Crippen LogP contribution in [0, 0.1) is 0 Å². The second kappa shape index (κ2) is 7.66. The van der Waals surface area contributed by atoms with Gasteiger partial charge in [-0.05, 0) is 29.8 Å². The van der Waals surface area contributed by atoms with Gasteiger partial charge in [0.15, 0.2) is 11.6 Å². The Morgan fingerprint density at radius 2 is 1.48 bits per heavy atom. The summed E-state index contributed by atoms with van der Waals surface area (Å²) < 4.78 is 0. The van der Waals surface area contributed by atoms with Crippen LogP contribution in [0.25, 0.3) is 6.08 Å². The minimum Gasteiger partial charge on any atom is -0.322 e. The molecular formula is C23H13Cl2NO3. The van der Waals surface area contributed by atoms with Gasteiger partial charge in [-0.25, -0.2) is 0 Å². The average Bonchev–Trinajstić information content (AvgIpc) is 2.73. The highest BCUT2D eigenvalue weighted by Crippen LogP contribution is 2.32. The zero-order valence-corrected chi connectivity index (χ0v) is 16.4. The number of ketones is 2. The molecule has 0 atom stereocenters. The van der Waals surface area contributed by atoms with E-state index in [1.165, 1.54) is 6.08 Å². The summed E-state index contributed by atoms with van der Waals surface area (Å²) in [5.41, 5.74) is 2.17. The van der Waals surface area contributed by atoms with Crippen molar-refractivity contribution in [2.45, 2.75) is 0 Å². The van der Waals surface area contributed by atoms with Gasteiger partial charge >= 0.3 is 0 Å². The summed E-state index contributed by atoms with van der Waals surface area (Å²) in [4.78, 5) is 38.1. The van der Waals surface area contributed by atoms with Crippen LogP contribution in [-0.4, -0.2) is 17.5 Å². The number of hydrogen-bond acceptors (Lipinski definition) is 3. The molecule has 3 aromatic rings. The van der Waals surface area contributed by atoms with Crippen LogP contribution in [0.4, 0.5) is 5.69 Å². The molecule has 0 aliphatic heterocycles. The van der Waals surface area contributed by atoms with Crippen molar-refractivity contribution in [2.75, 3.05) is 5.32 Å². The van der Waals surface area contributed by atoms with E-state index in [1.807, 2.05) is 0 Å². The summed E-state index contributed by atoms with van der Waals surface area (Å²) in [7, 11) is 0. The number of amides is 1. The molecule has 29 heavy (non-hydrogen) atoms. The highest BCUT2D eigenvalue weighted by atomic mass is 35.5. The molecule has 0 saturated carbocycles. The topological polar surface area (TPSA) is 63.2 Å². The van der Waals surface area contributed by atoms with E-state index in [-0.39, 0.29) is 22.7 Å². The van der Waals surface area contributed by atoms with Gasteiger partial charge in [-0.3, -0.25) is 14.4 Å². The Hall–Kier alpha value is -3.21. The number of halogens is 2. The Morgan fingerprint density at radius 3 is 2.21 bits per heavy atom. The van der Waals surface area contributed by atoms with Crippen LogP contribution in [0.5, 0.6) is 0 Å². The molecule has 1 aliphatic rings. The van der Waals surface area contributed by atoms with Gasteiger partial charge in [0.1, 0.15) is 0 Å². The van der Waals surface area contributed by atoms with Crippen molar-refractivity contribution in [3.05, 3.63) is 105 Å². The van der Waals surface area contributed by atoms with Crippen LogP contribution >= 0.6 is 23.2 Å². The lowest BCUT2D eigenvalue weighted by atomic mass is 9.83. The van der Waals surface area contributed by atoms with Crippen molar-refractivity contribution in [2.24, 2.45) is 0 Å². The molecular weight excluding hydrogens is 409 g/mol. The molecule has 1 aliphatic carbocycles. The van der Waals surface area contributed by atoms with Gasteiger partial charge in [0.05, 0.1) is 21.3 Å². The van der Waals surface area contributed by atoms with Crippen LogP contribution in [-0.2, 0) is 4.79 Å². The molecule has 1 N–H and O–H groups in total. The number of benzene rings is 3. The normalized spacial score (nSPS) is 12.6. The molecule has 0 saturated heterocycles. The van der Waals surface area contributed by atoms with Crippen LogP contribution in [0.2, 0.25) is 10.0 Å². The summed E-state index contributed by atoms with van der Waals surface area (Å²) in [5, 5.41) is 3.50. The summed E-state index contributed by atoms with van der Waals surface area (Å²) in [6.07, 6.45) is 2.90. The Kier molecular flexibility index (Phi) is 5.05. The summed E-state index contributed by atoms with van der Waals surface area (Å²) in [5.74, 6) is -0.971. The number of hydrogen-bond donors (Lipinski definition) is 1. The maximum absolute atomic E-state index is 13.0. The zero-order chi connectivity index (χ0) is 20.5. The third kappa shape index (κ3) is 3.60. The van der Waals surface area contributed by atoms with E-state index in [1.54, 1.807) is 66.7 Å². The molecule has 3 aromatic carbocycles. The zero-order valence-electron chi connectivity index (χ0n) is 14.9. The second-order valence-electron chi connectivity index (χ2n) is 6.43. The molecule has 0 heterocycles. The Bertz CT molecular complexity index is 1210. The molecule has 142 valence electrons. The summed E-state index contributed by atoms with van der Waals surface area (Å²) in [6.45, 7) is 0. The van der Waals surface area contributed by atoms with E-state index < -0.39 is 5.91 Å². The maximum Gasteiger partial charge on any atom is 0.248 e. The van der Waals surface area contributed by atoms with Gasteiger partial charge in [0, 0.05) is 22.8 Å². The van der Waals surface area contributed by atoms with Gasteiger partial charge in [-0.2, -0.15) is 0 Å². The molecule has 0 unspecified atom stereocenters. The number of carbonyl (C=O) groups is 3. The van der Waals surface area contributed by atoms with E-state index in [0.717, 1.165) is 0 Å². The molecule has 0 radical (unpaired) electrons. The third-order valence-corrected chi connectivity index (χ3v) is 5.32. The number of rotatable bonds is 3. The second-order valence-corrected chi connectivity index (χ2v) is 7.24. The van der Waals surface area contributed by atoms with E-state index in [0.29, 0.717) is 32.4 Å². The van der Waals surface area contributed by atoms with Crippen LogP contribution < -0.4 is 5.32 Å². The largest absolute Gasteiger partial charge is 0.322 e. The van der Waals surface area contributed by atoms with Crippen LogP contribution in [0.1, 0.15) is 37.4 Å². The van der Waals surface area contributed by atoms with Crippen molar-refractivity contribution < 1.29 is 14.4 Å².